The van der Waals surface area contributed by atoms with Crippen molar-refractivity contribution in [3.05, 3.63) is 39.2 Å². The van der Waals surface area contributed by atoms with Crippen molar-refractivity contribution in [1.82, 2.24) is 15.3 Å². The molecule has 0 fully saturated rings. The Bertz CT molecular complexity index is 827. The quantitative estimate of drug-likeness (QED) is 0.546. The average Bonchev–Trinajstić information content (AvgIpc) is 3.14. The van der Waals surface area contributed by atoms with Crippen LogP contribution < -0.4 is 5.32 Å². The molecular formula is C16H17N3OS3. The van der Waals surface area contributed by atoms with Gasteiger partial charge in [-0.05, 0) is 37.8 Å². The molecule has 4 nitrogen and oxygen atoms in total. The first-order valence-corrected chi connectivity index (χ1v) is 9.81. The van der Waals surface area contributed by atoms with Crippen LogP contribution in [0.3, 0.4) is 0 Å². The first-order chi connectivity index (χ1) is 11.1. The maximum Gasteiger partial charge on any atom is 0.233 e. The summed E-state index contributed by atoms with van der Waals surface area (Å²) in [5.41, 5.74) is 1.21. The molecule has 0 radical (unpaired) electrons. The third kappa shape index (κ3) is 3.57. The lowest BCUT2D eigenvalue weighted by atomic mass is 10.2. The first-order valence-electron chi connectivity index (χ1n) is 7.23. The molecule has 23 heavy (non-hydrogen) atoms. The van der Waals surface area contributed by atoms with Gasteiger partial charge in [-0.15, -0.1) is 22.7 Å². The normalized spacial score (nSPS) is 12.5. The van der Waals surface area contributed by atoms with E-state index in [2.05, 4.69) is 29.1 Å². The molecule has 3 rings (SSSR count). The molecular weight excluding hydrogens is 346 g/mol. The number of aryl methyl sites for hydroxylation is 2. The topological polar surface area (TPSA) is 54.9 Å². The molecule has 0 aliphatic rings. The van der Waals surface area contributed by atoms with Gasteiger partial charge in [0.15, 0.2) is 0 Å². The van der Waals surface area contributed by atoms with Crippen LogP contribution in [0.15, 0.2) is 28.9 Å². The predicted molar refractivity (Wildman–Crippen MR) is 98.4 cm³/mol. The highest BCUT2D eigenvalue weighted by Gasteiger charge is 2.19. The van der Waals surface area contributed by atoms with Crippen LogP contribution in [0.4, 0.5) is 0 Å². The summed E-state index contributed by atoms with van der Waals surface area (Å²) in [7, 11) is 0. The number of amides is 1. The average molecular weight is 364 g/mol. The number of hydrogen-bond acceptors (Lipinski definition) is 6. The Hall–Kier alpha value is -1.44. The largest absolute Gasteiger partial charge is 0.350 e. The molecule has 0 unspecified atom stereocenters. The van der Waals surface area contributed by atoms with Crippen LogP contribution in [0, 0.1) is 13.8 Å². The number of carbonyl (C=O) groups excluding carboxylic acids is 1. The molecule has 1 N–H and O–H groups in total. The number of hydrogen-bond donors (Lipinski definition) is 1. The van der Waals surface area contributed by atoms with Gasteiger partial charge < -0.3 is 5.32 Å². The molecule has 3 aromatic heterocycles. The van der Waals surface area contributed by atoms with Crippen LogP contribution in [-0.2, 0) is 11.3 Å². The molecule has 1 atom stereocenters. The van der Waals surface area contributed by atoms with Crippen LogP contribution in [0.5, 0.6) is 0 Å². The molecule has 0 aliphatic carbocycles. The van der Waals surface area contributed by atoms with Gasteiger partial charge >= 0.3 is 0 Å². The number of nitrogens with one attached hydrogen (secondary N) is 1. The van der Waals surface area contributed by atoms with E-state index in [4.69, 9.17) is 0 Å². The van der Waals surface area contributed by atoms with E-state index in [9.17, 15) is 4.79 Å². The predicted octanol–water partition coefficient (Wildman–Crippen LogP) is 4.17. The Labute approximate surface area is 147 Å². The minimum Gasteiger partial charge on any atom is -0.350 e. The van der Waals surface area contributed by atoms with Gasteiger partial charge in [0, 0.05) is 15.1 Å². The van der Waals surface area contributed by atoms with Crippen molar-refractivity contribution in [3.8, 4) is 0 Å². The van der Waals surface area contributed by atoms with Crippen LogP contribution in [0.2, 0.25) is 0 Å². The lowest BCUT2D eigenvalue weighted by Crippen LogP contribution is -2.30. The zero-order valence-corrected chi connectivity index (χ0v) is 15.6. The highest BCUT2D eigenvalue weighted by Crippen LogP contribution is 2.35. The van der Waals surface area contributed by atoms with Gasteiger partial charge in [-0.25, -0.2) is 9.97 Å². The summed E-state index contributed by atoms with van der Waals surface area (Å²) >= 11 is 4.81. The van der Waals surface area contributed by atoms with E-state index in [1.54, 1.807) is 29.0 Å². The fourth-order valence-corrected chi connectivity index (χ4v) is 4.90. The fraction of sp³-hybridized carbons (Fsp3) is 0.312. The molecule has 120 valence electrons. The fourth-order valence-electron chi connectivity index (χ4n) is 2.19. The standard InChI is InChI=1S/C16H17N3OS3/c1-9-10(2)22-15-13(9)16(19-8-18-15)23-11(3)14(20)17-7-12-5-4-6-21-12/h4-6,8,11H,7H2,1-3H3,(H,17,20)/t11-/m0/s1. The molecule has 0 aliphatic heterocycles. The van der Waals surface area contributed by atoms with E-state index in [1.165, 1.54) is 22.2 Å². The van der Waals surface area contributed by atoms with Crippen molar-refractivity contribution >= 4 is 50.6 Å². The van der Waals surface area contributed by atoms with Gasteiger partial charge in [-0.3, -0.25) is 4.79 Å². The second-order valence-electron chi connectivity index (χ2n) is 5.20. The highest BCUT2D eigenvalue weighted by atomic mass is 32.2. The summed E-state index contributed by atoms with van der Waals surface area (Å²) in [5, 5.41) is 6.76. The summed E-state index contributed by atoms with van der Waals surface area (Å²) in [5.74, 6) is 0.0276. The number of aromatic nitrogens is 2. The smallest absolute Gasteiger partial charge is 0.233 e. The SMILES string of the molecule is Cc1sc2ncnc(S[C@@H](C)C(=O)NCc3cccs3)c2c1C. The van der Waals surface area contributed by atoms with Crippen LogP contribution in [0.1, 0.15) is 22.2 Å². The van der Waals surface area contributed by atoms with E-state index < -0.39 is 0 Å². The summed E-state index contributed by atoms with van der Waals surface area (Å²) in [6.45, 7) is 6.67. The number of thiophene rings is 2. The molecule has 0 spiro atoms. The van der Waals surface area contributed by atoms with Crippen molar-refractivity contribution < 1.29 is 4.79 Å². The zero-order chi connectivity index (χ0) is 16.4. The van der Waals surface area contributed by atoms with Crippen LogP contribution in [0.25, 0.3) is 10.2 Å². The summed E-state index contributed by atoms with van der Waals surface area (Å²) in [6, 6.07) is 4.01. The number of fused-ring (bicyclic) bond motifs is 1. The maximum absolute atomic E-state index is 12.3. The van der Waals surface area contributed by atoms with Crippen molar-refractivity contribution in [3.63, 3.8) is 0 Å². The first kappa shape index (κ1) is 16.4. The minimum atomic E-state index is -0.201. The van der Waals surface area contributed by atoms with E-state index in [0.717, 1.165) is 20.1 Å². The molecule has 7 heteroatoms. The molecule has 0 saturated carbocycles. The van der Waals surface area contributed by atoms with Crippen molar-refractivity contribution in [2.75, 3.05) is 0 Å². The molecule has 1 amide bonds. The van der Waals surface area contributed by atoms with Gasteiger partial charge in [-0.1, -0.05) is 17.8 Å². The van der Waals surface area contributed by atoms with E-state index in [1.807, 2.05) is 24.4 Å². The zero-order valence-electron chi connectivity index (χ0n) is 13.1. The van der Waals surface area contributed by atoms with E-state index in [-0.39, 0.29) is 11.2 Å². The lowest BCUT2D eigenvalue weighted by molar-refractivity contribution is -0.120. The van der Waals surface area contributed by atoms with Gasteiger partial charge in [0.25, 0.3) is 0 Å². The maximum atomic E-state index is 12.3. The van der Waals surface area contributed by atoms with Gasteiger partial charge in [0.05, 0.1) is 11.8 Å². The Kier molecular flexibility index (Phi) is 4.99. The molecule has 3 heterocycles. The van der Waals surface area contributed by atoms with Crippen molar-refractivity contribution in [2.45, 2.75) is 37.6 Å². The van der Waals surface area contributed by atoms with E-state index in [0.29, 0.717) is 6.54 Å². The second-order valence-corrected chi connectivity index (χ2v) is 8.76. The number of rotatable bonds is 5. The van der Waals surface area contributed by atoms with Crippen molar-refractivity contribution in [1.29, 1.82) is 0 Å². The molecule has 0 saturated heterocycles. The van der Waals surface area contributed by atoms with Gasteiger partial charge in [0.1, 0.15) is 16.2 Å². The minimum absolute atomic E-state index is 0.0276. The van der Waals surface area contributed by atoms with Gasteiger partial charge in [-0.2, -0.15) is 0 Å². The summed E-state index contributed by atoms with van der Waals surface area (Å²) < 4.78 is 0. The number of nitrogens with zero attached hydrogens (tertiary/aromatic N) is 2. The van der Waals surface area contributed by atoms with Crippen LogP contribution in [-0.4, -0.2) is 21.1 Å². The Balaban J connectivity index is 1.72. The Morgan fingerprint density at radius 2 is 2.22 bits per heavy atom. The van der Waals surface area contributed by atoms with Gasteiger partial charge in [0.2, 0.25) is 5.91 Å². The monoisotopic (exact) mass is 363 g/mol. The third-order valence-electron chi connectivity index (χ3n) is 3.61. The Morgan fingerprint density at radius 1 is 1.39 bits per heavy atom. The van der Waals surface area contributed by atoms with E-state index >= 15 is 0 Å². The molecule has 0 aromatic carbocycles. The molecule has 3 aromatic rings. The summed E-state index contributed by atoms with van der Waals surface area (Å²) in [4.78, 5) is 24.4. The van der Waals surface area contributed by atoms with Crippen LogP contribution >= 0.6 is 34.4 Å². The second kappa shape index (κ2) is 6.98. The lowest BCUT2D eigenvalue weighted by Gasteiger charge is -2.11. The summed E-state index contributed by atoms with van der Waals surface area (Å²) in [6.07, 6.45) is 1.58. The highest BCUT2D eigenvalue weighted by molar-refractivity contribution is 8.00. The molecule has 0 bridgehead atoms. The number of carbonyl (C=O) groups is 1. The van der Waals surface area contributed by atoms with Crippen molar-refractivity contribution in [2.24, 2.45) is 0 Å². The Morgan fingerprint density at radius 3 is 2.96 bits per heavy atom. The third-order valence-corrected chi connectivity index (χ3v) is 6.70. The number of thioether (sulfide) groups is 1.